The second-order valence-electron chi connectivity index (χ2n) is 6.09. The molecular weight excluding hydrogens is 232 g/mol. The van der Waals surface area contributed by atoms with Crippen molar-refractivity contribution in [2.24, 2.45) is 0 Å². The Kier molecular flexibility index (Phi) is 6.02. The Morgan fingerprint density at radius 3 is 2.21 bits per heavy atom. The lowest BCUT2D eigenvalue weighted by molar-refractivity contribution is 0.464. The monoisotopic (exact) mass is 262 g/mol. The Hall–Kier alpha value is -0.860. The van der Waals surface area contributed by atoms with E-state index in [1.807, 2.05) is 0 Å². The van der Waals surface area contributed by atoms with Gasteiger partial charge in [-0.2, -0.15) is 0 Å². The molecule has 108 valence electrons. The molecule has 0 amide bonds. The van der Waals surface area contributed by atoms with Crippen molar-refractivity contribution in [1.82, 2.24) is 10.6 Å². The zero-order chi connectivity index (χ0) is 14.5. The van der Waals surface area contributed by atoms with Gasteiger partial charge in [-0.25, -0.2) is 0 Å². The summed E-state index contributed by atoms with van der Waals surface area (Å²) in [6, 6.07) is 4.54. The molecule has 2 N–H and O–H groups in total. The van der Waals surface area contributed by atoms with Gasteiger partial charge in [-0.15, -0.1) is 0 Å². The van der Waals surface area contributed by atoms with Crippen molar-refractivity contribution in [1.29, 1.82) is 0 Å². The predicted molar refractivity (Wildman–Crippen MR) is 85.1 cm³/mol. The van der Waals surface area contributed by atoms with Crippen LogP contribution in [0.5, 0.6) is 0 Å². The van der Waals surface area contributed by atoms with Crippen LogP contribution in [-0.2, 0) is 5.41 Å². The zero-order valence-electron chi connectivity index (χ0n) is 13.5. The van der Waals surface area contributed by atoms with E-state index in [1.165, 1.54) is 22.3 Å². The highest BCUT2D eigenvalue weighted by atomic mass is 14.9. The number of likely N-dealkylation sites (N-methyl/N-ethyl adjacent to an activating group) is 1. The molecule has 0 fully saturated rings. The maximum atomic E-state index is 3.56. The molecule has 1 rings (SSSR count). The number of hydrogen-bond donors (Lipinski definition) is 2. The van der Waals surface area contributed by atoms with E-state index in [9.17, 15) is 0 Å². The van der Waals surface area contributed by atoms with Crippen molar-refractivity contribution in [3.8, 4) is 0 Å². The minimum Gasteiger partial charge on any atom is -0.316 e. The lowest BCUT2D eigenvalue weighted by atomic mass is 9.80. The smallest absolute Gasteiger partial charge is 0.00770 e. The highest BCUT2D eigenvalue weighted by Gasteiger charge is 2.22. The van der Waals surface area contributed by atoms with Crippen molar-refractivity contribution in [2.75, 3.05) is 26.2 Å². The minimum absolute atomic E-state index is 0.175. The summed E-state index contributed by atoms with van der Waals surface area (Å²) < 4.78 is 0. The summed E-state index contributed by atoms with van der Waals surface area (Å²) in [5.74, 6) is 0. The maximum Gasteiger partial charge on any atom is 0.00770 e. The predicted octanol–water partition coefficient (Wildman–Crippen LogP) is 3.09. The molecule has 0 bridgehead atoms. The van der Waals surface area contributed by atoms with Gasteiger partial charge in [0.1, 0.15) is 0 Å². The summed E-state index contributed by atoms with van der Waals surface area (Å²) >= 11 is 0. The van der Waals surface area contributed by atoms with Gasteiger partial charge in [-0.3, -0.25) is 0 Å². The third-order valence-electron chi connectivity index (χ3n) is 4.08. The van der Waals surface area contributed by atoms with Crippen LogP contribution < -0.4 is 10.6 Å². The summed E-state index contributed by atoms with van der Waals surface area (Å²) in [4.78, 5) is 0. The first kappa shape index (κ1) is 16.2. The van der Waals surface area contributed by atoms with E-state index in [2.05, 4.69) is 64.3 Å². The van der Waals surface area contributed by atoms with Gasteiger partial charge in [-0.1, -0.05) is 32.9 Å². The maximum absolute atomic E-state index is 3.56. The summed E-state index contributed by atoms with van der Waals surface area (Å²) in [5.41, 5.74) is 5.90. The second kappa shape index (κ2) is 7.06. The quantitative estimate of drug-likeness (QED) is 0.738. The molecule has 19 heavy (non-hydrogen) atoms. The van der Waals surface area contributed by atoms with Crippen LogP contribution in [0.1, 0.15) is 43.0 Å². The molecule has 0 aliphatic carbocycles. The third-order valence-corrected chi connectivity index (χ3v) is 4.08. The zero-order valence-corrected chi connectivity index (χ0v) is 13.5. The van der Waals surface area contributed by atoms with E-state index < -0.39 is 0 Å². The number of aryl methyl sites for hydroxylation is 1. The first-order chi connectivity index (χ1) is 8.90. The number of benzene rings is 1. The Morgan fingerprint density at radius 2 is 1.58 bits per heavy atom. The lowest BCUT2D eigenvalue weighted by Gasteiger charge is -2.29. The molecule has 0 saturated carbocycles. The third kappa shape index (κ3) is 4.32. The average Bonchev–Trinajstić information content (AvgIpc) is 2.35. The number of rotatable bonds is 7. The molecule has 1 aromatic carbocycles. The van der Waals surface area contributed by atoms with E-state index in [-0.39, 0.29) is 5.41 Å². The van der Waals surface area contributed by atoms with E-state index in [0.717, 1.165) is 26.2 Å². The highest BCUT2D eigenvalue weighted by molar-refractivity contribution is 5.42. The van der Waals surface area contributed by atoms with Crippen LogP contribution in [0.4, 0.5) is 0 Å². The van der Waals surface area contributed by atoms with Crippen molar-refractivity contribution in [3.05, 3.63) is 34.4 Å². The average molecular weight is 262 g/mol. The molecule has 0 atom stereocenters. The van der Waals surface area contributed by atoms with Gasteiger partial charge in [0.2, 0.25) is 0 Å². The fraction of sp³-hybridized carbons (Fsp3) is 0.647. The van der Waals surface area contributed by atoms with Gasteiger partial charge in [-0.05, 0) is 49.6 Å². The van der Waals surface area contributed by atoms with Gasteiger partial charge in [0.15, 0.2) is 0 Å². The highest BCUT2D eigenvalue weighted by Crippen LogP contribution is 2.28. The molecule has 0 spiro atoms. The molecule has 2 heteroatoms. The van der Waals surface area contributed by atoms with Crippen molar-refractivity contribution < 1.29 is 0 Å². The van der Waals surface area contributed by atoms with Crippen LogP contribution in [0, 0.1) is 20.8 Å². The van der Waals surface area contributed by atoms with Gasteiger partial charge < -0.3 is 10.6 Å². The Balaban J connectivity index is 2.69. The molecule has 0 aliphatic heterocycles. The van der Waals surface area contributed by atoms with Crippen LogP contribution in [0.15, 0.2) is 12.1 Å². The molecule has 0 aliphatic rings. The SMILES string of the molecule is CCNCCNCC(C)(C)c1ccc(C)c(C)c1C. The van der Waals surface area contributed by atoms with Crippen molar-refractivity contribution in [2.45, 2.75) is 47.0 Å². The van der Waals surface area contributed by atoms with E-state index in [1.54, 1.807) is 0 Å². The van der Waals surface area contributed by atoms with Gasteiger partial charge in [0.05, 0.1) is 0 Å². The van der Waals surface area contributed by atoms with Gasteiger partial charge in [0, 0.05) is 25.0 Å². The first-order valence-electron chi connectivity index (χ1n) is 7.39. The molecule has 0 radical (unpaired) electrons. The van der Waals surface area contributed by atoms with Crippen LogP contribution in [0.3, 0.4) is 0 Å². The van der Waals surface area contributed by atoms with Crippen LogP contribution >= 0.6 is 0 Å². The standard InChI is InChI=1S/C17H30N2/c1-7-18-10-11-19-12-17(5,6)16-9-8-13(2)14(3)15(16)4/h8-9,18-19H,7,10-12H2,1-6H3. The van der Waals surface area contributed by atoms with Crippen LogP contribution in [0.25, 0.3) is 0 Å². The molecule has 0 unspecified atom stereocenters. The number of nitrogens with one attached hydrogen (secondary N) is 2. The molecule has 2 nitrogen and oxygen atoms in total. The molecule has 0 saturated heterocycles. The Morgan fingerprint density at radius 1 is 0.947 bits per heavy atom. The first-order valence-corrected chi connectivity index (χ1v) is 7.39. The van der Waals surface area contributed by atoms with Crippen molar-refractivity contribution in [3.63, 3.8) is 0 Å². The molecular formula is C17H30N2. The van der Waals surface area contributed by atoms with E-state index in [4.69, 9.17) is 0 Å². The van der Waals surface area contributed by atoms with E-state index in [0.29, 0.717) is 0 Å². The van der Waals surface area contributed by atoms with Crippen LogP contribution in [0.2, 0.25) is 0 Å². The number of hydrogen-bond acceptors (Lipinski definition) is 2. The summed E-state index contributed by atoms with van der Waals surface area (Å²) in [5, 5.41) is 6.90. The molecule has 0 heterocycles. The van der Waals surface area contributed by atoms with Crippen molar-refractivity contribution >= 4 is 0 Å². The largest absolute Gasteiger partial charge is 0.316 e. The Labute approximate surface area is 119 Å². The summed E-state index contributed by atoms with van der Waals surface area (Å²) in [6.45, 7) is 17.6. The second-order valence-corrected chi connectivity index (χ2v) is 6.09. The Bertz CT molecular complexity index is 408. The minimum atomic E-state index is 0.175. The summed E-state index contributed by atoms with van der Waals surface area (Å²) in [6.07, 6.45) is 0. The van der Waals surface area contributed by atoms with E-state index >= 15 is 0 Å². The topological polar surface area (TPSA) is 24.1 Å². The van der Waals surface area contributed by atoms with Crippen LogP contribution in [-0.4, -0.2) is 26.2 Å². The molecule has 1 aromatic rings. The molecule has 0 aromatic heterocycles. The van der Waals surface area contributed by atoms with Gasteiger partial charge in [0.25, 0.3) is 0 Å². The fourth-order valence-electron chi connectivity index (χ4n) is 2.54. The lowest BCUT2D eigenvalue weighted by Crippen LogP contribution is -2.37. The van der Waals surface area contributed by atoms with Gasteiger partial charge >= 0.3 is 0 Å². The fourth-order valence-corrected chi connectivity index (χ4v) is 2.54. The normalized spacial score (nSPS) is 11.9. The summed E-state index contributed by atoms with van der Waals surface area (Å²) in [7, 11) is 0.